The summed E-state index contributed by atoms with van der Waals surface area (Å²) in [5, 5.41) is 11.1. The number of anilines is 1. The second-order valence-electron chi connectivity index (χ2n) is 4.79. The highest BCUT2D eigenvalue weighted by molar-refractivity contribution is 9.10. The lowest BCUT2D eigenvalue weighted by Gasteiger charge is -1.95. The van der Waals surface area contributed by atoms with E-state index in [2.05, 4.69) is 36.4 Å². The van der Waals surface area contributed by atoms with Gasteiger partial charge in [0.2, 0.25) is 11.8 Å². The lowest BCUT2D eigenvalue weighted by Crippen LogP contribution is -1.99. The molecule has 0 saturated heterocycles. The molecule has 6 nitrogen and oxygen atoms in total. The first-order chi connectivity index (χ1) is 9.78. The zero-order valence-electron chi connectivity index (χ0n) is 10.5. The summed E-state index contributed by atoms with van der Waals surface area (Å²) in [7, 11) is 0. The van der Waals surface area contributed by atoms with E-state index in [1.54, 1.807) is 0 Å². The van der Waals surface area contributed by atoms with Crippen LogP contribution in [0, 0.1) is 0 Å². The predicted octanol–water partition coefficient (Wildman–Crippen LogP) is 3.46. The normalized spacial score (nSPS) is 14.8. The summed E-state index contributed by atoms with van der Waals surface area (Å²) in [6.45, 7) is 0.410. The third kappa shape index (κ3) is 2.29. The molecule has 0 radical (unpaired) electrons. The molecule has 1 aliphatic rings. The maximum atomic E-state index is 5.58. The van der Waals surface area contributed by atoms with Crippen LogP contribution in [0.4, 0.5) is 6.01 Å². The third-order valence-corrected chi connectivity index (χ3v) is 3.64. The van der Waals surface area contributed by atoms with Crippen molar-refractivity contribution in [1.82, 2.24) is 15.2 Å². The summed E-state index contributed by atoms with van der Waals surface area (Å²) in [5.41, 5.74) is 1.53. The summed E-state index contributed by atoms with van der Waals surface area (Å²) >= 11 is 3.40. The van der Waals surface area contributed by atoms with Gasteiger partial charge in [0.05, 0.1) is 6.54 Å². The molecule has 0 bridgehead atoms. The van der Waals surface area contributed by atoms with Crippen molar-refractivity contribution in [3.05, 3.63) is 34.5 Å². The molecular formula is C13H11BrN4O2. The van der Waals surface area contributed by atoms with Crippen molar-refractivity contribution in [2.75, 3.05) is 5.32 Å². The Hall–Kier alpha value is -1.89. The number of aromatic nitrogens is 3. The lowest BCUT2D eigenvalue weighted by molar-refractivity contribution is 0.454. The number of hydrogen-bond acceptors (Lipinski definition) is 6. The van der Waals surface area contributed by atoms with E-state index < -0.39 is 0 Å². The number of nitrogens with one attached hydrogen (secondary N) is 1. The van der Waals surface area contributed by atoms with Gasteiger partial charge >= 0.3 is 0 Å². The molecule has 20 heavy (non-hydrogen) atoms. The average Bonchev–Trinajstić information content (AvgIpc) is 3.04. The first-order valence-corrected chi connectivity index (χ1v) is 7.19. The van der Waals surface area contributed by atoms with Crippen molar-refractivity contribution in [1.29, 1.82) is 0 Å². The SMILES string of the molecule is Brc1ccc2oc(NCc3nnc(C4CC4)o3)nc2c1. The molecule has 1 aliphatic carbocycles. The Labute approximate surface area is 122 Å². The maximum Gasteiger partial charge on any atom is 0.296 e. The summed E-state index contributed by atoms with van der Waals surface area (Å²) in [4.78, 5) is 4.35. The van der Waals surface area contributed by atoms with Crippen LogP contribution in [0.1, 0.15) is 30.5 Å². The van der Waals surface area contributed by atoms with Gasteiger partial charge in [-0.15, -0.1) is 10.2 Å². The minimum Gasteiger partial charge on any atom is -0.424 e. The topological polar surface area (TPSA) is 77.0 Å². The zero-order valence-corrected chi connectivity index (χ0v) is 12.1. The quantitative estimate of drug-likeness (QED) is 0.787. The van der Waals surface area contributed by atoms with Crippen LogP contribution >= 0.6 is 15.9 Å². The van der Waals surface area contributed by atoms with Crippen LogP contribution < -0.4 is 5.32 Å². The Morgan fingerprint density at radius 3 is 3.00 bits per heavy atom. The zero-order chi connectivity index (χ0) is 13.5. The molecule has 0 atom stereocenters. The van der Waals surface area contributed by atoms with Gasteiger partial charge in [0.1, 0.15) is 5.52 Å². The van der Waals surface area contributed by atoms with E-state index in [1.165, 1.54) is 0 Å². The van der Waals surface area contributed by atoms with Crippen molar-refractivity contribution >= 4 is 33.0 Å². The molecule has 1 N–H and O–H groups in total. The van der Waals surface area contributed by atoms with Crippen LogP contribution in [-0.4, -0.2) is 15.2 Å². The van der Waals surface area contributed by atoms with Crippen molar-refractivity contribution in [3.8, 4) is 0 Å². The van der Waals surface area contributed by atoms with E-state index in [4.69, 9.17) is 8.83 Å². The van der Waals surface area contributed by atoms with Gasteiger partial charge < -0.3 is 14.2 Å². The fourth-order valence-corrected chi connectivity index (χ4v) is 2.31. The summed E-state index contributed by atoms with van der Waals surface area (Å²) in [5.74, 6) is 1.76. The molecule has 2 heterocycles. The van der Waals surface area contributed by atoms with E-state index in [0.717, 1.165) is 34.3 Å². The fourth-order valence-electron chi connectivity index (χ4n) is 1.96. The highest BCUT2D eigenvalue weighted by atomic mass is 79.9. The van der Waals surface area contributed by atoms with E-state index in [0.29, 0.717) is 24.4 Å². The largest absolute Gasteiger partial charge is 0.424 e. The highest BCUT2D eigenvalue weighted by Crippen LogP contribution is 2.39. The van der Waals surface area contributed by atoms with Crippen molar-refractivity contribution < 1.29 is 8.83 Å². The lowest BCUT2D eigenvalue weighted by atomic mass is 10.3. The van der Waals surface area contributed by atoms with Crippen LogP contribution in [-0.2, 0) is 6.54 Å². The number of oxazole rings is 1. The van der Waals surface area contributed by atoms with E-state index >= 15 is 0 Å². The molecule has 102 valence electrons. The molecule has 0 amide bonds. The summed E-state index contributed by atoms with van der Waals surface area (Å²) < 4.78 is 12.1. The van der Waals surface area contributed by atoms with Gasteiger partial charge in [0.15, 0.2) is 5.58 Å². The molecule has 0 spiro atoms. The van der Waals surface area contributed by atoms with Crippen LogP contribution in [0.2, 0.25) is 0 Å². The third-order valence-electron chi connectivity index (χ3n) is 3.15. The average molecular weight is 335 g/mol. The van der Waals surface area contributed by atoms with E-state index in [-0.39, 0.29) is 0 Å². The molecule has 2 aromatic heterocycles. The summed E-state index contributed by atoms with van der Waals surface area (Å²) in [6.07, 6.45) is 2.30. The first-order valence-electron chi connectivity index (χ1n) is 6.40. The maximum absolute atomic E-state index is 5.58. The van der Waals surface area contributed by atoms with Crippen LogP contribution in [0.3, 0.4) is 0 Å². The van der Waals surface area contributed by atoms with Crippen molar-refractivity contribution in [2.24, 2.45) is 0 Å². The molecule has 1 saturated carbocycles. The van der Waals surface area contributed by atoms with Gasteiger partial charge in [-0.2, -0.15) is 4.98 Å². The molecular weight excluding hydrogens is 324 g/mol. The Balaban J connectivity index is 1.48. The highest BCUT2D eigenvalue weighted by Gasteiger charge is 2.29. The van der Waals surface area contributed by atoms with Gasteiger partial charge in [0, 0.05) is 10.4 Å². The van der Waals surface area contributed by atoms with Gasteiger partial charge in [-0.3, -0.25) is 0 Å². The van der Waals surface area contributed by atoms with Gasteiger partial charge in [0.25, 0.3) is 6.01 Å². The standard InChI is InChI=1S/C13H11BrN4O2/c14-8-3-4-10-9(5-8)16-13(19-10)15-6-11-17-18-12(20-11)7-1-2-7/h3-5,7H,1-2,6H2,(H,15,16). The van der Waals surface area contributed by atoms with Gasteiger partial charge in [-0.25, -0.2) is 0 Å². The van der Waals surface area contributed by atoms with Crippen LogP contribution in [0.5, 0.6) is 0 Å². The van der Waals surface area contributed by atoms with Gasteiger partial charge in [-0.1, -0.05) is 15.9 Å². The minimum atomic E-state index is 0.410. The Morgan fingerprint density at radius 2 is 2.15 bits per heavy atom. The Bertz CT molecular complexity index is 763. The fraction of sp³-hybridized carbons (Fsp3) is 0.308. The number of halogens is 1. The van der Waals surface area contributed by atoms with Crippen LogP contribution in [0.15, 0.2) is 31.5 Å². The Kier molecular flexibility index (Phi) is 2.73. The van der Waals surface area contributed by atoms with Crippen molar-refractivity contribution in [3.63, 3.8) is 0 Å². The first kappa shape index (κ1) is 11.9. The molecule has 4 rings (SSSR count). The minimum absolute atomic E-state index is 0.410. The van der Waals surface area contributed by atoms with E-state index in [1.807, 2.05) is 18.2 Å². The molecule has 1 fully saturated rings. The molecule has 3 aromatic rings. The molecule has 1 aromatic carbocycles. The Morgan fingerprint density at radius 1 is 1.25 bits per heavy atom. The number of hydrogen-bond donors (Lipinski definition) is 1. The monoisotopic (exact) mass is 334 g/mol. The second-order valence-corrected chi connectivity index (χ2v) is 5.71. The van der Waals surface area contributed by atoms with Gasteiger partial charge in [-0.05, 0) is 31.0 Å². The van der Waals surface area contributed by atoms with Crippen molar-refractivity contribution in [2.45, 2.75) is 25.3 Å². The predicted molar refractivity (Wildman–Crippen MR) is 75.3 cm³/mol. The second kappa shape index (κ2) is 4.59. The number of fused-ring (bicyclic) bond motifs is 1. The number of nitrogens with zero attached hydrogens (tertiary/aromatic N) is 3. The summed E-state index contributed by atoms with van der Waals surface area (Å²) in [6, 6.07) is 6.14. The molecule has 0 unspecified atom stereocenters. The number of rotatable bonds is 4. The van der Waals surface area contributed by atoms with Crippen LogP contribution in [0.25, 0.3) is 11.1 Å². The molecule has 0 aliphatic heterocycles. The smallest absolute Gasteiger partial charge is 0.296 e. The number of benzene rings is 1. The molecule has 7 heteroatoms. The van der Waals surface area contributed by atoms with E-state index in [9.17, 15) is 0 Å².